The van der Waals surface area contributed by atoms with Crippen LogP contribution in [-0.2, 0) is 9.53 Å². The molecule has 2 heterocycles. The summed E-state index contributed by atoms with van der Waals surface area (Å²) in [5.41, 5.74) is 0. The monoisotopic (exact) mass is 227 g/mol. The largest absolute Gasteiger partial charge is 0.481 e. The minimum absolute atomic E-state index is 0.257. The molecule has 2 fully saturated rings. The highest BCUT2D eigenvalue weighted by atomic mass is 16.5. The molecule has 2 saturated heterocycles. The lowest BCUT2D eigenvalue weighted by Crippen LogP contribution is -2.44. The fourth-order valence-corrected chi connectivity index (χ4v) is 3.04. The molecule has 2 aliphatic heterocycles. The highest BCUT2D eigenvalue weighted by molar-refractivity contribution is 5.67. The number of aliphatic carboxylic acids is 1. The second kappa shape index (κ2) is 5.15. The maximum absolute atomic E-state index is 10.8. The third-order valence-corrected chi connectivity index (χ3v) is 3.76. The highest BCUT2D eigenvalue weighted by Gasteiger charge is 2.34. The number of hydrogen-bond acceptors (Lipinski definition) is 3. The average Bonchev–Trinajstić information content (AvgIpc) is 2.65. The van der Waals surface area contributed by atoms with Crippen LogP contribution >= 0.6 is 0 Å². The third kappa shape index (κ3) is 2.74. The maximum Gasteiger partial charge on any atom is 0.304 e. The van der Waals surface area contributed by atoms with E-state index >= 15 is 0 Å². The molecule has 4 heteroatoms. The Bertz CT molecular complexity index is 257. The summed E-state index contributed by atoms with van der Waals surface area (Å²) in [7, 11) is 0. The number of likely N-dealkylation sites (tertiary alicyclic amines) is 1. The molecule has 0 aromatic carbocycles. The van der Waals surface area contributed by atoms with Gasteiger partial charge in [-0.2, -0.15) is 0 Å². The minimum atomic E-state index is -0.669. The molecule has 0 aromatic rings. The summed E-state index contributed by atoms with van der Waals surface area (Å²) in [5, 5.41) is 8.89. The molecule has 3 atom stereocenters. The van der Waals surface area contributed by atoms with Gasteiger partial charge in [0.2, 0.25) is 0 Å². The van der Waals surface area contributed by atoms with Crippen LogP contribution in [0.15, 0.2) is 0 Å². The molecule has 0 aromatic heterocycles. The van der Waals surface area contributed by atoms with Crippen molar-refractivity contribution in [1.82, 2.24) is 4.90 Å². The van der Waals surface area contributed by atoms with Gasteiger partial charge in [0.05, 0.1) is 12.5 Å². The molecular formula is C12H21NO3. The second-order valence-electron chi connectivity index (χ2n) is 4.99. The number of carboxylic acid groups (broad SMARTS) is 1. The molecular weight excluding hydrogens is 206 g/mol. The van der Waals surface area contributed by atoms with Crippen molar-refractivity contribution in [3.63, 3.8) is 0 Å². The van der Waals surface area contributed by atoms with Gasteiger partial charge in [0.15, 0.2) is 0 Å². The van der Waals surface area contributed by atoms with E-state index < -0.39 is 5.97 Å². The zero-order chi connectivity index (χ0) is 11.5. The molecule has 0 radical (unpaired) electrons. The summed E-state index contributed by atoms with van der Waals surface area (Å²) in [5.74, 6) is -0.669. The molecule has 0 saturated carbocycles. The van der Waals surface area contributed by atoms with Crippen molar-refractivity contribution in [2.75, 3.05) is 13.2 Å². The minimum Gasteiger partial charge on any atom is -0.481 e. The van der Waals surface area contributed by atoms with Crippen LogP contribution in [0.4, 0.5) is 0 Å². The first-order chi connectivity index (χ1) is 7.66. The Morgan fingerprint density at radius 3 is 3.00 bits per heavy atom. The lowest BCUT2D eigenvalue weighted by atomic mass is 10.0. The van der Waals surface area contributed by atoms with Crippen LogP contribution in [0.25, 0.3) is 0 Å². The molecule has 16 heavy (non-hydrogen) atoms. The molecule has 0 spiro atoms. The van der Waals surface area contributed by atoms with Gasteiger partial charge < -0.3 is 9.84 Å². The average molecular weight is 227 g/mol. The Morgan fingerprint density at radius 1 is 1.50 bits per heavy atom. The quantitative estimate of drug-likeness (QED) is 0.793. The van der Waals surface area contributed by atoms with Crippen molar-refractivity contribution in [2.24, 2.45) is 0 Å². The van der Waals surface area contributed by atoms with Gasteiger partial charge in [0.25, 0.3) is 0 Å². The van der Waals surface area contributed by atoms with E-state index in [0.717, 1.165) is 38.8 Å². The summed E-state index contributed by atoms with van der Waals surface area (Å²) < 4.78 is 5.54. The van der Waals surface area contributed by atoms with E-state index in [1.54, 1.807) is 0 Å². The molecule has 1 N–H and O–H groups in total. The topological polar surface area (TPSA) is 49.8 Å². The Morgan fingerprint density at radius 2 is 2.31 bits per heavy atom. The first kappa shape index (κ1) is 11.9. The first-order valence-corrected chi connectivity index (χ1v) is 6.26. The summed E-state index contributed by atoms with van der Waals surface area (Å²) in [6, 6.07) is 0.795. The summed E-state index contributed by atoms with van der Waals surface area (Å²) >= 11 is 0. The third-order valence-electron chi connectivity index (χ3n) is 3.76. The van der Waals surface area contributed by atoms with Crippen LogP contribution in [0, 0.1) is 0 Å². The zero-order valence-electron chi connectivity index (χ0n) is 9.89. The molecule has 2 aliphatic rings. The van der Waals surface area contributed by atoms with E-state index in [2.05, 4.69) is 11.8 Å². The maximum atomic E-state index is 10.8. The van der Waals surface area contributed by atoms with Crippen molar-refractivity contribution in [3.8, 4) is 0 Å². The SMILES string of the molecule is CC1CC(N2CCCC2CC(=O)O)CCO1. The number of hydrogen-bond donors (Lipinski definition) is 1. The Balaban J connectivity index is 1.93. The van der Waals surface area contributed by atoms with Gasteiger partial charge in [-0.3, -0.25) is 9.69 Å². The molecule has 4 nitrogen and oxygen atoms in total. The number of ether oxygens (including phenoxy) is 1. The van der Waals surface area contributed by atoms with Gasteiger partial charge in [-0.1, -0.05) is 0 Å². The summed E-state index contributed by atoms with van der Waals surface area (Å²) in [6.07, 6.45) is 4.91. The predicted molar refractivity (Wildman–Crippen MR) is 60.4 cm³/mol. The van der Waals surface area contributed by atoms with Gasteiger partial charge >= 0.3 is 5.97 Å². The number of carbonyl (C=O) groups is 1. The van der Waals surface area contributed by atoms with Crippen LogP contribution in [0.3, 0.4) is 0 Å². The van der Waals surface area contributed by atoms with Crippen LogP contribution in [-0.4, -0.2) is 47.3 Å². The van der Waals surface area contributed by atoms with Crippen LogP contribution < -0.4 is 0 Å². The Kier molecular flexibility index (Phi) is 3.82. The van der Waals surface area contributed by atoms with Crippen LogP contribution in [0.5, 0.6) is 0 Å². The predicted octanol–water partition coefficient (Wildman–Crippen LogP) is 1.49. The fraction of sp³-hybridized carbons (Fsp3) is 0.917. The van der Waals surface area contributed by atoms with E-state index in [9.17, 15) is 4.79 Å². The van der Waals surface area contributed by atoms with E-state index in [1.807, 2.05) is 0 Å². The standard InChI is InChI=1S/C12H21NO3/c1-9-7-11(4-6-16-9)13-5-2-3-10(13)8-12(14)15/h9-11H,2-8H2,1H3,(H,14,15). The van der Waals surface area contributed by atoms with Gasteiger partial charge in [0, 0.05) is 18.7 Å². The van der Waals surface area contributed by atoms with E-state index in [4.69, 9.17) is 9.84 Å². The van der Waals surface area contributed by atoms with Crippen molar-refractivity contribution in [1.29, 1.82) is 0 Å². The molecule has 0 bridgehead atoms. The van der Waals surface area contributed by atoms with Gasteiger partial charge in [0.1, 0.15) is 0 Å². The van der Waals surface area contributed by atoms with Crippen molar-refractivity contribution >= 4 is 5.97 Å². The smallest absolute Gasteiger partial charge is 0.304 e. The normalized spacial score (nSPS) is 36.4. The fourth-order valence-electron chi connectivity index (χ4n) is 3.04. The molecule has 2 rings (SSSR count). The Hall–Kier alpha value is -0.610. The van der Waals surface area contributed by atoms with E-state index in [1.165, 1.54) is 0 Å². The second-order valence-corrected chi connectivity index (χ2v) is 4.99. The van der Waals surface area contributed by atoms with Crippen LogP contribution in [0.2, 0.25) is 0 Å². The van der Waals surface area contributed by atoms with Crippen LogP contribution in [0.1, 0.15) is 39.0 Å². The number of carboxylic acids is 1. The lowest BCUT2D eigenvalue weighted by molar-refractivity contribution is -0.138. The summed E-state index contributed by atoms with van der Waals surface area (Å²) in [6.45, 7) is 3.99. The molecule has 0 aliphatic carbocycles. The molecule has 3 unspecified atom stereocenters. The van der Waals surface area contributed by atoms with Gasteiger partial charge in [-0.05, 0) is 39.2 Å². The number of rotatable bonds is 3. The van der Waals surface area contributed by atoms with E-state index in [-0.39, 0.29) is 6.04 Å². The van der Waals surface area contributed by atoms with Gasteiger partial charge in [-0.15, -0.1) is 0 Å². The molecule has 92 valence electrons. The van der Waals surface area contributed by atoms with Crippen molar-refractivity contribution < 1.29 is 14.6 Å². The van der Waals surface area contributed by atoms with E-state index in [0.29, 0.717) is 18.6 Å². The lowest BCUT2D eigenvalue weighted by Gasteiger charge is -2.37. The van der Waals surface area contributed by atoms with Crippen molar-refractivity contribution in [3.05, 3.63) is 0 Å². The van der Waals surface area contributed by atoms with Gasteiger partial charge in [-0.25, -0.2) is 0 Å². The zero-order valence-corrected chi connectivity index (χ0v) is 9.89. The molecule has 0 amide bonds. The summed E-state index contributed by atoms with van der Waals surface area (Å²) in [4.78, 5) is 13.2. The first-order valence-electron chi connectivity index (χ1n) is 6.26. The number of nitrogens with zero attached hydrogens (tertiary/aromatic N) is 1. The van der Waals surface area contributed by atoms with Crippen molar-refractivity contribution in [2.45, 2.75) is 57.2 Å². The highest BCUT2D eigenvalue weighted by Crippen LogP contribution is 2.28. The Labute approximate surface area is 96.6 Å².